The summed E-state index contributed by atoms with van der Waals surface area (Å²) in [5, 5.41) is 3.01. The summed E-state index contributed by atoms with van der Waals surface area (Å²) in [4.78, 5) is 11.9. The first-order chi connectivity index (χ1) is 8.54. The molecule has 0 saturated carbocycles. The van der Waals surface area contributed by atoms with E-state index in [1.807, 2.05) is 6.92 Å². The molecule has 1 unspecified atom stereocenters. The predicted molar refractivity (Wildman–Crippen MR) is 77.6 cm³/mol. The summed E-state index contributed by atoms with van der Waals surface area (Å²) in [6, 6.07) is 5.31. The Kier molecular flexibility index (Phi) is 6.50. The standard InChI is InChI=1S/C13H17BrClNO2/c1-9(15)4-3-7-16-13(17)11-8-10(18-2)5-6-12(11)14/h5-6,8-9H,3-4,7H2,1-2H3,(H,16,17). The van der Waals surface area contributed by atoms with E-state index in [9.17, 15) is 4.79 Å². The first-order valence-corrected chi connectivity index (χ1v) is 7.03. The van der Waals surface area contributed by atoms with Crippen LogP contribution < -0.4 is 10.1 Å². The van der Waals surface area contributed by atoms with Crippen LogP contribution in [0.1, 0.15) is 30.1 Å². The van der Waals surface area contributed by atoms with Gasteiger partial charge in [0.25, 0.3) is 5.91 Å². The van der Waals surface area contributed by atoms with Crippen molar-refractivity contribution in [1.82, 2.24) is 5.32 Å². The molecule has 0 saturated heterocycles. The number of nitrogens with one attached hydrogen (secondary N) is 1. The molecule has 0 heterocycles. The van der Waals surface area contributed by atoms with Gasteiger partial charge in [-0.05, 0) is 53.9 Å². The molecule has 0 bridgehead atoms. The highest BCUT2D eigenvalue weighted by Gasteiger charge is 2.10. The number of rotatable bonds is 6. The molecule has 0 fully saturated rings. The number of methoxy groups -OCH3 is 1. The van der Waals surface area contributed by atoms with Crippen molar-refractivity contribution in [3.63, 3.8) is 0 Å². The van der Waals surface area contributed by atoms with Gasteiger partial charge in [-0.1, -0.05) is 0 Å². The molecule has 0 aliphatic carbocycles. The van der Waals surface area contributed by atoms with Gasteiger partial charge in [0.15, 0.2) is 0 Å². The largest absolute Gasteiger partial charge is 0.497 e. The zero-order valence-corrected chi connectivity index (χ0v) is 12.8. The van der Waals surface area contributed by atoms with E-state index in [1.165, 1.54) is 0 Å². The molecule has 18 heavy (non-hydrogen) atoms. The maximum atomic E-state index is 11.9. The van der Waals surface area contributed by atoms with Crippen LogP contribution in [0.3, 0.4) is 0 Å². The molecule has 0 aliphatic heterocycles. The lowest BCUT2D eigenvalue weighted by atomic mass is 10.2. The molecule has 1 aromatic carbocycles. The van der Waals surface area contributed by atoms with Crippen LogP contribution >= 0.6 is 27.5 Å². The zero-order chi connectivity index (χ0) is 13.5. The van der Waals surface area contributed by atoms with Crippen molar-refractivity contribution >= 4 is 33.4 Å². The minimum absolute atomic E-state index is 0.108. The molecule has 0 aliphatic rings. The van der Waals surface area contributed by atoms with Crippen LogP contribution in [0.25, 0.3) is 0 Å². The van der Waals surface area contributed by atoms with Crippen molar-refractivity contribution < 1.29 is 9.53 Å². The summed E-state index contributed by atoms with van der Waals surface area (Å²) in [6.45, 7) is 2.57. The van der Waals surface area contributed by atoms with Gasteiger partial charge in [0.05, 0.1) is 12.7 Å². The van der Waals surface area contributed by atoms with Crippen molar-refractivity contribution in [3.05, 3.63) is 28.2 Å². The lowest BCUT2D eigenvalue weighted by Crippen LogP contribution is -2.25. The maximum absolute atomic E-state index is 11.9. The Morgan fingerprint density at radius 2 is 2.28 bits per heavy atom. The predicted octanol–water partition coefficient (Wildman–Crippen LogP) is 3.60. The summed E-state index contributed by atoms with van der Waals surface area (Å²) in [7, 11) is 1.58. The van der Waals surface area contributed by atoms with E-state index < -0.39 is 0 Å². The number of hydrogen-bond donors (Lipinski definition) is 1. The fraction of sp³-hybridized carbons (Fsp3) is 0.462. The molecule has 0 spiro atoms. The average Bonchev–Trinajstić information content (AvgIpc) is 2.34. The number of alkyl halides is 1. The first-order valence-electron chi connectivity index (χ1n) is 5.80. The molecular formula is C13H17BrClNO2. The van der Waals surface area contributed by atoms with Gasteiger partial charge >= 0.3 is 0 Å². The number of carbonyl (C=O) groups excluding carboxylic acids is 1. The molecule has 1 amide bonds. The first kappa shape index (κ1) is 15.3. The van der Waals surface area contributed by atoms with Gasteiger partial charge in [0.1, 0.15) is 5.75 Å². The quantitative estimate of drug-likeness (QED) is 0.638. The third-order valence-electron chi connectivity index (χ3n) is 2.48. The van der Waals surface area contributed by atoms with Gasteiger partial charge in [0, 0.05) is 16.4 Å². The summed E-state index contributed by atoms with van der Waals surface area (Å²) in [5.74, 6) is 0.556. The lowest BCUT2D eigenvalue weighted by Gasteiger charge is -2.09. The number of ether oxygens (including phenoxy) is 1. The van der Waals surface area contributed by atoms with Gasteiger partial charge in [-0.2, -0.15) is 0 Å². The number of hydrogen-bond acceptors (Lipinski definition) is 2. The molecule has 1 atom stereocenters. The van der Waals surface area contributed by atoms with Crippen molar-refractivity contribution in [3.8, 4) is 5.75 Å². The Labute approximate surface area is 121 Å². The van der Waals surface area contributed by atoms with Gasteiger partial charge in [0.2, 0.25) is 0 Å². The highest BCUT2D eigenvalue weighted by molar-refractivity contribution is 9.10. The normalized spacial score (nSPS) is 12.0. The van der Waals surface area contributed by atoms with E-state index in [0.29, 0.717) is 17.9 Å². The van der Waals surface area contributed by atoms with Crippen LogP contribution in [0.2, 0.25) is 0 Å². The fourth-order valence-electron chi connectivity index (χ4n) is 1.49. The lowest BCUT2D eigenvalue weighted by molar-refractivity contribution is 0.0952. The second kappa shape index (κ2) is 7.64. The van der Waals surface area contributed by atoms with Crippen LogP contribution in [-0.2, 0) is 0 Å². The molecule has 3 nitrogen and oxygen atoms in total. The minimum atomic E-state index is -0.108. The van der Waals surface area contributed by atoms with E-state index in [1.54, 1.807) is 25.3 Å². The highest BCUT2D eigenvalue weighted by atomic mass is 79.9. The Morgan fingerprint density at radius 1 is 1.56 bits per heavy atom. The summed E-state index contributed by atoms with van der Waals surface area (Å²) >= 11 is 9.19. The van der Waals surface area contributed by atoms with Crippen LogP contribution in [0.15, 0.2) is 22.7 Å². The van der Waals surface area contributed by atoms with Gasteiger partial charge < -0.3 is 10.1 Å². The van der Waals surface area contributed by atoms with E-state index in [0.717, 1.165) is 17.3 Å². The maximum Gasteiger partial charge on any atom is 0.252 e. The molecule has 100 valence electrons. The molecule has 1 rings (SSSR count). The number of carbonyl (C=O) groups is 1. The van der Waals surface area contributed by atoms with Crippen molar-refractivity contribution in [2.45, 2.75) is 25.1 Å². The van der Waals surface area contributed by atoms with E-state index in [4.69, 9.17) is 16.3 Å². The smallest absolute Gasteiger partial charge is 0.252 e. The average molecular weight is 335 g/mol. The van der Waals surface area contributed by atoms with Crippen molar-refractivity contribution in [2.75, 3.05) is 13.7 Å². The molecule has 5 heteroatoms. The Bertz CT molecular complexity index is 410. The second-order valence-corrected chi connectivity index (χ2v) is 5.62. The van der Waals surface area contributed by atoms with E-state index >= 15 is 0 Å². The number of halogens is 2. The molecule has 1 N–H and O–H groups in total. The fourth-order valence-corrected chi connectivity index (χ4v) is 2.07. The third kappa shape index (κ3) is 4.86. The van der Waals surface area contributed by atoms with Crippen LogP contribution in [0, 0.1) is 0 Å². The molecular weight excluding hydrogens is 318 g/mol. The van der Waals surface area contributed by atoms with Crippen LogP contribution in [-0.4, -0.2) is 24.9 Å². The summed E-state index contributed by atoms with van der Waals surface area (Å²) < 4.78 is 5.85. The Morgan fingerprint density at radius 3 is 2.89 bits per heavy atom. The van der Waals surface area contributed by atoms with Crippen LogP contribution in [0.5, 0.6) is 5.75 Å². The van der Waals surface area contributed by atoms with Crippen molar-refractivity contribution in [2.24, 2.45) is 0 Å². The number of amides is 1. The highest BCUT2D eigenvalue weighted by Crippen LogP contribution is 2.22. The second-order valence-electron chi connectivity index (χ2n) is 4.02. The molecule has 1 aromatic rings. The number of benzene rings is 1. The zero-order valence-electron chi connectivity index (χ0n) is 10.5. The summed E-state index contributed by atoms with van der Waals surface area (Å²) in [5.41, 5.74) is 0.577. The van der Waals surface area contributed by atoms with Gasteiger partial charge in [-0.15, -0.1) is 11.6 Å². The van der Waals surface area contributed by atoms with Crippen LogP contribution in [0.4, 0.5) is 0 Å². The van der Waals surface area contributed by atoms with Gasteiger partial charge in [-0.3, -0.25) is 4.79 Å². The van der Waals surface area contributed by atoms with Crippen molar-refractivity contribution in [1.29, 1.82) is 0 Å². The Hall–Kier alpha value is -0.740. The molecule has 0 aromatic heterocycles. The summed E-state index contributed by atoms with van der Waals surface area (Å²) in [6.07, 6.45) is 1.76. The van der Waals surface area contributed by atoms with E-state index in [-0.39, 0.29) is 11.3 Å². The SMILES string of the molecule is COc1ccc(Br)c(C(=O)NCCCC(C)Cl)c1. The molecule has 0 radical (unpaired) electrons. The third-order valence-corrected chi connectivity index (χ3v) is 3.39. The van der Waals surface area contributed by atoms with E-state index in [2.05, 4.69) is 21.2 Å². The minimum Gasteiger partial charge on any atom is -0.497 e. The topological polar surface area (TPSA) is 38.3 Å². The Balaban J connectivity index is 2.55. The van der Waals surface area contributed by atoms with Gasteiger partial charge in [-0.25, -0.2) is 0 Å². The monoisotopic (exact) mass is 333 g/mol.